The number of aromatic nitrogens is 1. The Balaban J connectivity index is 1.18. The van der Waals surface area contributed by atoms with Crippen LogP contribution in [0.15, 0.2) is 48.3 Å². The van der Waals surface area contributed by atoms with Crippen LogP contribution >= 0.6 is 0 Å². The summed E-state index contributed by atoms with van der Waals surface area (Å²) in [6.45, 7) is 3.71. The number of nitrogens with zero attached hydrogens (tertiary/aromatic N) is 1. The van der Waals surface area contributed by atoms with Crippen molar-refractivity contribution in [2.24, 2.45) is 28.6 Å². The first-order valence-corrected chi connectivity index (χ1v) is 14.2. The second kappa shape index (κ2) is 10.7. The fourth-order valence-electron chi connectivity index (χ4n) is 8.13. The fraction of sp³-hybridized carbons (Fsp3) is 0.581. The summed E-state index contributed by atoms with van der Waals surface area (Å²) in [4.78, 5) is 53.7. The molecule has 5 rings (SSSR count). The lowest BCUT2D eigenvalue weighted by atomic mass is 9.46. The van der Waals surface area contributed by atoms with Gasteiger partial charge in [-0.3, -0.25) is 24.2 Å². The molecule has 0 radical (unpaired) electrons. The van der Waals surface area contributed by atoms with Crippen LogP contribution in [0.5, 0.6) is 0 Å². The van der Waals surface area contributed by atoms with Crippen molar-refractivity contribution >= 4 is 23.4 Å². The highest BCUT2D eigenvalue weighted by atomic mass is 16.5. The van der Waals surface area contributed by atoms with Crippen LogP contribution in [-0.2, 0) is 30.5 Å². The molecular formula is C31H38N2O7. The molecule has 9 nitrogen and oxygen atoms in total. The number of ether oxygens (including phenoxy) is 1. The third kappa shape index (κ3) is 4.83. The summed E-state index contributed by atoms with van der Waals surface area (Å²) in [5.41, 5.74) is -1.08. The van der Waals surface area contributed by atoms with Gasteiger partial charge in [0.05, 0.1) is 12.5 Å². The van der Waals surface area contributed by atoms with Crippen molar-refractivity contribution in [3.63, 3.8) is 0 Å². The number of carbonyl (C=O) groups is 4. The molecule has 214 valence electrons. The zero-order chi connectivity index (χ0) is 28.7. The van der Waals surface area contributed by atoms with Crippen molar-refractivity contribution in [3.8, 4) is 0 Å². The third-order valence-corrected chi connectivity index (χ3v) is 10.3. The Kier molecular flexibility index (Phi) is 7.56. The summed E-state index contributed by atoms with van der Waals surface area (Å²) in [7, 11) is 0. The lowest BCUT2D eigenvalue weighted by Crippen LogP contribution is -2.61. The molecular weight excluding hydrogens is 512 g/mol. The van der Waals surface area contributed by atoms with Crippen molar-refractivity contribution in [3.05, 3.63) is 53.9 Å². The summed E-state index contributed by atoms with van der Waals surface area (Å²) < 4.78 is 5.20. The zero-order valence-electron chi connectivity index (χ0n) is 23.1. The summed E-state index contributed by atoms with van der Waals surface area (Å²) in [5, 5.41) is 26.0. The van der Waals surface area contributed by atoms with Crippen molar-refractivity contribution < 1.29 is 34.1 Å². The number of hydrogen-bond acceptors (Lipinski definition) is 8. The number of rotatable bonds is 8. The van der Waals surface area contributed by atoms with Gasteiger partial charge in [0.2, 0.25) is 11.7 Å². The van der Waals surface area contributed by atoms with E-state index in [1.807, 2.05) is 13.0 Å². The maximum Gasteiger partial charge on any atom is 0.306 e. The molecule has 7 atom stereocenters. The van der Waals surface area contributed by atoms with E-state index in [2.05, 4.69) is 17.2 Å². The predicted molar refractivity (Wildman–Crippen MR) is 144 cm³/mol. The van der Waals surface area contributed by atoms with Crippen molar-refractivity contribution in [2.75, 3.05) is 6.61 Å². The average Bonchev–Trinajstić information content (AvgIpc) is 3.20. The van der Waals surface area contributed by atoms with Crippen LogP contribution in [0.25, 0.3) is 0 Å². The van der Waals surface area contributed by atoms with Crippen LogP contribution < -0.4 is 5.32 Å². The lowest BCUT2D eigenvalue weighted by molar-refractivity contribution is -0.181. The quantitative estimate of drug-likeness (QED) is 0.419. The van der Waals surface area contributed by atoms with Crippen LogP contribution in [0.3, 0.4) is 0 Å². The molecule has 4 aliphatic rings. The number of hydrogen-bond donors (Lipinski definition) is 3. The number of Topliss-reactive ketones (excluding diaryl/α,β-unsaturated/α-hetero) is 1. The minimum absolute atomic E-state index is 0.0130. The number of amides is 1. The van der Waals surface area contributed by atoms with Crippen LogP contribution in [0.2, 0.25) is 0 Å². The summed E-state index contributed by atoms with van der Waals surface area (Å²) in [6.07, 6.45) is 10.1. The highest BCUT2D eigenvalue weighted by Crippen LogP contribution is 2.67. The van der Waals surface area contributed by atoms with Gasteiger partial charge >= 0.3 is 5.97 Å². The Morgan fingerprint density at radius 3 is 2.65 bits per heavy atom. The largest absolute Gasteiger partial charge is 0.458 e. The van der Waals surface area contributed by atoms with Gasteiger partial charge in [-0.15, -0.1) is 0 Å². The van der Waals surface area contributed by atoms with Crippen LogP contribution in [-0.4, -0.2) is 57.0 Å². The van der Waals surface area contributed by atoms with Crippen LogP contribution in [0.4, 0.5) is 0 Å². The van der Waals surface area contributed by atoms with E-state index in [1.165, 1.54) is 0 Å². The number of nitrogens with one attached hydrogen (secondary N) is 1. The SMILES string of the molecule is C[C@]12C=CC(=O)C=C1CC[C@H]1[C@H]2[C@@H](O)C[C@@]2(C)[C@@H]1CC[C@@]2(O)C(=O)COC(=O)CCC(=O)NCc1ccncc1. The van der Waals surface area contributed by atoms with Gasteiger partial charge in [0, 0.05) is 42.1 Å². The van der Waals surface area contributed by atoms with E-state index in [9.17, 15) is 29.4 Å². The van der Waals surface area contributed by atoms with Gasteiger partial charge in [-0.1, -0.05) is 25.5 Å². The second-order valence-electron chi connectivity index (χ2n) is 12.3. The molecule has 0 saturated heterocycles. The molecule has 0 aromatic carbocycles. The maximum atomic E-state index is 13.4. The van der Waals surface area contributed by atoms with E-state index in [-0.39, 0.29) is 55.1 Å². The molecule has 0 spiro atoms. The molecule has 1 heterocycles. The first-order chi connectivity index (χ1) is 19.0. The Morgan fingerprint density at radius 1 is 1.15 bits per heavy atom. The molecule has 3 saturated carbocycles. The Bertz CT molecular complexity index is 1260. The minimum atomic E-state index is -1.72. The van der Waals surface area contributed by atoms with Gasteiger partial charge in [0.15, 0.2) is 12.4 Å². The molecule has 3 N–H and O–H groups in total. The van der Waals surface area contributed by atoms with E-state index < -0.39 is 40.9 Å². The minimum Gasteiger partial charge on any atom is -0.458 e. The Hall–Kier alpha value is -3.17. The molecule has 1 aromatic heterocycles. The standard InChI is InChI=1S/C31H38N2O7/c1-29-11-7-21(34)15-20(29)3-4-22-23-8-12-31(39,30(23,2)16-24(35)28(22)29)25(36)18-40-27(38)6-5-26(37)33-17-19-9-13-32-14-10-19/h7,9-11,13-15,22-24,28,35,39H,3-6,8,12,16-18H2,1-2H3,(H,33,37)/t22-,23-,24+,28+,29+,30+,31-/m1/s1. The summed E-state index contributed by atoms with van der Waals surface area (Å²) in [6, 6.07) is 3.56. The smallest absolute Gasteiger partial charge is 0.306 e. The van der Waals surface area contributed by atoms with Crippen molar-refractivity contribution in [2.45, 2.75) is 77.0 Å². The van der Waals surface area contributed by atoms with Gasteiger partial charge in [-0.05, 0) is 73.8 Å². The molecule has 1 amide bonds. The van der Waals surface area contributed by atoms with Crippen LogP contribution in [0, 0.1) is 28.6 Å². The lowest BCUT2D eigenvalue weighted by Gasteiger charge is -2.59. The third-order valence-electron chi connectivity index (χ3n) is 10.3. The molecule has 1 aromatic rings. The molecule has 0 unspecified atom stereocenters. The number of allylic oxidation sites excluding steroid dienone is 4. The zero-order valence-corrected chi connectivity index (χ0v) is 23.1. The average molecular weight is 551 g/mol. The maximum absolute atomic E-state index is 13.4. The van der Waals surface area contributed by atoms with E-state index in [0.29, 0.717) is 13.0 Å². The predicted octanol–water partition coefficient (Wildman–Crippen LogP) is 2.60. The molecule has 9 heteroatoms. The number of esters is 1. The van der Waals surface area contributed by atoms with E-state index in [4.69, 9.17) is 4.74 Å². The number of fused-ring (bicyclic) bond motifs is 5. The molecule has 0 bridgehead atoms. The number of carbonyl (C=O) groups excluding carboxylic acids is 4. The van der Waals surface area contributed by atoms with Gasteiger partial charge in [0.25, 0.3) is 0 Å². The van der Waals surface area contributed by atoms with Gasteiger partial charge in [-0.2, -0.15) is 0 Å². The second-order valence-corrected chi connectivity index (χ2v) is 12.3. The van der Waals surface area contributed by atoms with E-state index in [0.717, 1.165) is 24.0 Å². The van der Waals surface area contributed by atoms with E-state index in [1.54, 1.807) is 36.7 Å². The molecule has 4 aliphatic carbocycles. The van der Waals surface area contributed by atoms with Gasteiger partial charge < -0.3 is 20.3 Å². The molecule has 0 aliphatic heterocycles. The van der Waals surface area contributed by atoms with Crippen molar-refractivity contribution in [1.29, 1.82) is 0 Å². The number of pyridine rings is 1. The normalized spacial score (nSPS) is 36.1. The van der Waals surface area contributed by atoms with E-state index >= 15 is 0 Å². The molecule has 3 fully saturated rings. The monoisotopic (exact) mass is 550 g/mol. The van der Waals surface area contributed by atoms with Crippen LogP contribution in [0.1, 0.15) is 64.4 Å². The number of aliphatic hydroxyl groups excluding tert-OH is 1. The topological polar surface area (TPSA) is 143 Å². The van der Waals surface area contributed by atoms with Gasteiger partial charge in [0.1, 0.15) is 5.60 Å². The Labute approximate surface area is 234 Å². The first-order valence-electron chi connectivity index (χ1n) is 14.2. The number of ketones is 2. The van der Waals surface area contributed by atoms with Crippen molar-refractivity contribution in [1.82, 2.24) is 10.3 Å². The van der Waals surface area contributed by atoms with Gasteiger partial charge in [-0.25, -0.2) is 0 Å². The first kappa shape index (κ1) is 28.4. The summed E-state index contributed by atoms with van der Waals surface area (Å²) in [5.74, 6) is -1.59. The fourth-order valence-corrected chi connectivity index (χ4v) is 8.13. The highest BCUT2D eigenvalue weighted by Gasteiger charge is 2.68. The summed E-state index contributed by atoms with van der Waals surface area (Å²) >= 11 is 0. The Morgan fingerprint density at radius 2 is 1.90 bits per heavy atom. The number of aliphatic hydroxyl groups is 2. The molecule has 40 heavy (non-hydrogen) atoms. The highest BCUT2D eigenvalue weighted by molar-refractivity contribution is 6.01.